The van der Waals surface area contributed by atoms with Gasteiger partial charge in [-0.05, 0) is 37.7 Å². The van der Waals surface area contributed by atoms with Crippen LogP contribution in [0.25, 0.3) is 0 Å². The smallest absolute Gasteiger partial charge is 0.306 e. The summed E-state index contributed by atoms with van der Waals surface area (Å²) in [6, 6.07) is 3.78. The SMILES string of the molecule is O=C(CCCCCCCCCCCCC1C=CCC1)OCc1cccnc1. The van der Waals surface area contributed by atoms with Gasteiger partial charge in [0.25, 0.3) is 0 Å². The monoisotopic (exact) mass is 371 g/mol. The van der Waals surface area contributed by atoms with Crippen molar-refractivity contribution in [3.05, 3.63) is 42.2 Å². The van der Waals surface area contributed by atoms with Gasteiger partial charge in [0.1, 0.15) is 6.61 Å². The lowest BCUT2D eigenvalue weighted by Crippen LogP contribution is -2.04. The zero-order chi connectivity index (χ0) is 19.0. The maximum atomic E-state index is 11.7. The van der Waals surface area contributed by atoms with Crippen LogP contribution < -0.4 is 0 Å². The summed E-state index contributed by atoms with van der Waals surface area (Å²) in [5, 5.41) is 0. The number of rotatable bonds is 15. The Morgan fingerprint density at radius 1 is 1.00 bits per heavy atom. The Bertz CT molecular complexity index is 526. The van der Waals surface area contributed by atoms with Crippen LogP contribution in [0.5, 0.6) is 0 Å². The van der Waals surface area contributed by atoms with Gasteiger partial charge in [-0.2, -0.15) is 0 Å². The van der Waals surface area contributed by atoms with Gasteiger partial charge in [-0.3, -0.25) is 9.78 Å². The molecule has 2 rings (SSSR count). The van der Waals surface area contributed by atoms with E-state index in [0.29, 0.717) is 13.0 Å². The van der Waals surface area contributed by atoms with E-state index in [1.54, 1.807) is 12.4 Å². The Morgan fingerprint density at radius 2 is 1.70 bits per heavy atom. The highest BCUT2D eigenvalue weighted by Gasteiger charge is 2.07. The fourth-order valence-corrected chi connectivity index (χ4v) is 3.75. The van der Waals surface area contributed by atoms with Crippen LogP contribution in [0.4, 0.5) is 0 Å². The summed E-state index contributed by atoms with van der Waals surface area (Å²) in [6.07, 6.45) is 25.8. The molecule has 3 nitrogen and oxygen atoms in total. The Kier molecular flexibility index (Phi) is 11.6. The minimum absolute atomic E-state index is 0.0908. The number of aromatic nitrogens is 1. The van der Waals surface area contributed by atoms with Crippen LogP contribution in [-0.2, 0) is 16.1 Å². The van der Waals surface area contributed by atoms with Crippen LogP contribution >= 0.6 is 0 Å². The molecular weight excluding hydrogens is 334 g/mol. The third-order valence-corrected chi connectivity index (χ3v) is 5.44. The molecule has 1 unspecified atom stereocenters. The van der Waals surface area contributed by atoms with E-state index in [1.165, 1.54) is 70.6 Å². The number of ether oxygens (including phenoxy) is 1. The van der Waals surface area contributed by atoms with Crippen molar-refractivity contribution in [1.29, 1.82) is 0 Å². The number of unbranched alkanes of at least 4 members (excludes halogenated alkanes) is 9. The van der Waals surface area contributed by atoms with Crippen molar-refractivity contribution in [3.63, 3.8) is 0 Å². The quantitative estimate of drug-likeness (QED) is 0.194. The van der Waals surface area contributed by atoms with Crippen molar-refractivity contribution < 1.29 is 9.53 Å². The molecule has 0 spiro atoms. The van der Waals surface area contributed by atoms with E-state index >= 15 is 0 Å². The Labute approximate surface area is 165 Å². The fraction of sp³-hybridized carbons (Fsp3) is 0.667. The van der Waals surface area contributed by atoms with Gasteiger partial charge in [-0.15, -0.1) is 0 Å². The van der Waals surface area contributed by atoms with Gasteiger partial charge < -0.3 is 4.74 Å². The Balaban J connectivity index is 1.29. The molecule has 1 atom stereocenters. The topological polar surface area (TPSA) is 39.2 Å². The molecule has 1 aliphatic rings. The fourth-order valence-electron chi connectivity index (χ4n) is 3.75. The summed E-state index contributed by atoms with van der Waals surface area (Å²) < 4.78 is 5.27. The molecule has 3 heteroatoms. The molecule has 0 amide bonds. The summed E-state index contributed by atoms with van der Waals surface area (Å²) in [5.41, 5.74) is 0.946. The van der Waals surface area contributed by atoms with E-state index < -0.39 is 0 Å². The van der Waals surface area contributed by atoms with Gasteiger partial charge >= 0.3 is 5.97 Å². The van der Waals surface area contributed by atoms with Crippen molar-refractivity contribution in [2.45, 2.75) is 96.5 Å². The number of allylic oxidation sites excluding steroid dienone is 2. The minimum atomic E-state index is -0.0908. The van der Waals surface area contributed by atoms with E-state index in [4.69, 9.17) is 4.74 Å². The van der Waals surface area contributed by atoms with Gasteiger partial charge in [-0.1, -0.05) is 76.0 Å². The summed E-state index contributed by atoms with van der Waals surface area (Å²) >= 11 is 0. The van der Waals surface area contributed by atoms with Crippen molar-refractivity contribution in [3.8, 4) is 0 Å². The number of hydrogen-bond acceptors (Lipinski definition) is 3. The third-order valence-electron chi connectivity index (χ3n) is 5.44. The van der Waals surface area contributed by atoms with E-state index in [2.05, 4.69) is 17.1 Å². The summed E-state index contributed by atoms with van der Waals surface area (Å²) in [6.45, 7) is 0.337. The molecule has 0 saturated carbocycles. The van der Waals surface area contributed by atoms with Gasteiger partial charge in [0.05, 0.1) is 0 Å². The molecular formula is C24H37NO2. The van der Waals surface area contributed by atoms with Crippen molar-refractivity contribution in [1.82, 2.24) is 4.98 Å². The average Bonchev–Trinajstić information content (AvgIpc) is 3.21. The number of pyridine rings is 1. The second-order valence-corrected chi connectivity index (χ2v) is 7.86. The van der Waals surface area contributed by atoms with Gasteiger partial charge in [-0.25, -0.2) is 0 Å². The van der Waals surface area contributed by atoms with E-state index in [0.717, 1.165) is 24.3 Å². The molecule has 0 N–H and O–H groups in total. The van der Waals surface area contributed by atoms with E-state index in [1.807, 2.05) is 12.1 Å². The minimum Gasteiger partial charge on any atom is -0.461 e. The zero-order valence-corrected chi connectivity index (χ0v) is 16.9. The largest absolute Gasteiger partial charge is 0.461 e. The molecule has 1 aromatic rings. The first-order chi connectivity index (χ1) is 13.3. The van der Waals surface area contributed by atoms with Gasteiger partial charge in [0.2, 0.25) is 0 Å². The highest BCUT2D eigenvalue weighted by atomic mass is 16.5. The number of nitrogens with zero attached hydrogens (tertiary/aromatic N) is 1. The Morgan fingerprint density at radius 3 is 2.33 bits per heavy atom. The second kappa shape index (κ2) is 14.4. The normalized spacial score (nSPS) is 15.9. The molecule has 0 aromatic carbocycles. The molecule has 0 radical (unpaired) electrons. The van der Waals surface area contributed by atoms with Crippen LogP contribution in [0.2, 0.25) is 0 Å². The zero-order valence-electron chi connectivity index (χ0n) is 16.9. The highest BCUT2D eigenvalue weighted by Crippen LogP contribution is 2.23. The number of esters is 1. The number of hydrogen-bond donors (Lipinski definition) is 0. The standard InChI is InChI=1S/C24H37NO2/c26-24(27-21-23-17-13-19-25-20-23)18-10-8-6-4-2-1-3-5-7-9-14-22-15-11-12-16-22/h11,13,15,17,19-20,22H,1-10,12,14,16,18,21H2. The van der Waals surface area contributed by atoms with Crippen LogP contribution in [-0.4, -0.2) is 11.0 Å². The maximum absolute atomic E-state index is 11.7. The molecule has 0 bridgehead atoms. The van der Waals surface area contributed by atoms with Crippen LogP contribution in [0.1, 0.15) is 95.5 Å². The molecule has 27 heavy (non-hydrogen) atoms. The average molecular weight is 372 g/mol. The molecule has 1 aliphatic carbocycles. The Hall–Kier alpha value is -1.64. The number of carbonyl (C=O) groups excluding carboxylic acids is 1. The first-order valence-corrected chi connectivity index (χ1v) is 11.1. The molecule has 1 aromatic heterocycles. The van der Waals surface area contributed by atoms with Crippen LogP contribution in [0, 0.1) is 5.92 Å². The lowest BCUT2D eigenvalue weighted by molar-refractivity contribution is -0.145. The van der Waals surface area contributed by atoms with Gasteiger partial charge in [0.15, 0.2) is 0 Å². The molecule has 150 valence electrons. The lowest BCUT2D eigenvalue weighted by atomic mass is 9.99. The first kappa shape index (κ1) is 21.7. The van der Waals surface area contributed by atoms with Gasteiger partial charge in [0, 0.05) is 24.4 Å². The lowest BCUT2D eigenvalue weighted by Gasteiger charge is -2.07. The predicted molar refractivity (Wildman–Crippen MR) is 111 cm³/mol. The van der Waals surface area contributed by atoms with E-state index in [9.17, 15) is 4.79 Å². The summed E-state index contributed by atoms with van der Waals surface area (Å²) in [4.78, 5) is 15.7. The predicted octanol–water partition coefficient (Wildman–Crippen LogP) is 6.77. The maximum Gasteiger partial charge on any atom is 0.306 e. The molecule has 0 saturated heterocycles. The summed E-state index contributed by atoms with van der Waals surface area (Å²) in [7, 11) is 0. The van der Waals surface area contributed by atoms with Crippen LogP contribution in [0.3, 0.4) is 0 Å². The third kappa shape index (κ3) is 10.9. The van der Waals surface area contributed by atoms with Crippen molar-refractivity contribution >= 4 is 5.97 Å². The molecule has 0 aliphatic heterocycles. The van der Waals surface area contributed by atoms with Crippen molar-refractivity contribution in [2.24, 2.45) is 5.92 Å². The number of carbonyl (C=O) groups is 1. The van der Waals surface area contributed by atoms with E-state index in [-0.39, 0.29) is 5.97 Å². The summed E-state index contributed by atoms with van der Waals surface area (Å²) in [5.74, 6) is 0.796. The molecule has 0 fully saturated rings. The van der Waals surface area contributed by atoms with Crippen molar-refractivity contribution in [2.75, 3.05) is 0 Å². The molecule has 1 heterocycles. The van der Waals surface area contributed by atoms with Crippen LogP contribution in [0.15, 0.2) is 36.7 Å². The second-order valence-electron chi connectivity index (χ2n) is 7.86. The highest BCUT2D eigenvalue weighted by molar-refractivity contribution is 5.69. The first-order valence-electron chi connectivity index (χ1n) is 11.1.